The van der Waals surface area contributed by atoms with Crippen LogP contribution in [-0.2, 0) is 9.59 Å². The van der Waals surface area contributed by atoms with E-state index in [1.54, 1.807) is 35.2 Å². The highest BCUT2D eigenvalue weighted by molar-refractivity contribution is 5.84. The van der Waals surface area contributed by atoms with E-state index in [0.717, 1.165) is 12.8 Å². The number of carboxylic acids is 1. The van der Waals surface area contributed by atoms with Crippen LogP contribution in [0.3, 0.4) is 0 Å². The van der Waals surface area contributed by atoms with Gasteiger partial charge in [0.05, 0.1) is 0 Å². The summed E-state index contributed by atoms with van der Waals surface area (Å²) < 4.78 is 0. The first-order chi connectivity index (χ1) is 12.9. The second-order valence-electron chi connectivity index (χ2n) is 7.49. The Bertz CT molecular complexity index is 648. The van der Waals surface area contributed by atoms with Crippen molar-refractivity contribution in [1.29, 1.82) is 0 Å². The topological polar surface area (TPSA) is 98.7 Å². The van der Waals surface area contributed by atoms with Crippen LogP contribution in [0, 0.1) is 11.8 Å². The van der Waals surface area contributed by atoms with Crippen LogP contribution in [0.1, 0.15) is 44.7 Å². The molecule has 0 aliphatic carbocycles. The van der Waals surface area contributed by atoms with Crippen LogP contribution in [0.25, 0.3) is 0 Å². The van der Waals surface area contributed by atoms with E-state index in [4.69, 9.17) is 0 Å². The lowest BCUT2D eigenvalue weighted by atomic mass is 9.94. The van der Waals surface area contributed by atoms with E-state index in [0.29, 0.717) is 31.1 Å². The molecule has 7 heteroatoms. The predicted octanol–water partition coefficient (Wildman–Crippen LogP) is 2.40. The molecule has 0 radical (unpaired) electrons. The molecule has 3 N–H and O–H groups in total. The van der Waals surface area contributed by atoms with Crippen molar-refractivity contribution < 1.29 is 19.5 Å². The number of carbonyl (C=O) groups excluding carboxylic acids is 2. The van der Waals surface area contributed by atoms with Crippen LogP contribution in [0.2, 0.25) is 0 Å². The zero-order valence-corrected chi connectivity index (χ0v) is 16.0. The molecule has 1 aliphatic heterocycles. The van der Waals surface area contributed by atoms with E-state index in [1.807, 2.05) is 13.8 Å². The molecule has 0 saturated carbocycles. The number of hydrogen-bond donors (Lipinski definition) is 3. The van der Waals surface area contributed by atoms with Gasteiger partial charge in [0, 0.05) is 26.1 Å². The zero-order valence-electron chi connectivity index (χ0n) is 16.0. The molecule has 1 fully saturated rings. The average Bonchev–Trinajstić information content (AvgIpc) is 2.64. The van der Waals surface area contributed by atoms with Gasteiger partial charge in [0.1, 0.15) is 0 Å². The highest BCUT2D eigenvalue weighted by Gasteiger charge is 2.27. The monoisotopic (exact) mass is 375 g/mol. The molecule has 1 aliphatic rings. The Labute approximate surface area is 160 Å². The Morgan fingerprint density at radius 1 is 1.22 bits per heavy atom. The Morgan fingerprint density at radius 3 is 2.56 bits per heavy atom. The molecule has 3 amide bonds. The summed E-state index contributed by atoms with van der Waals surface area (Å²) in [5, 5.41) is 14.9. The summed E-state index contributed by atoms with van der Waals surface area (Å²) in [7, 11) is 0. The van der Waals surface area contributed by atoms with Crippen LogP contribution >= 0.6 is 0 Å². The zero-order chi connectivity index (χ0) is 19.8. The third-order valence-electron chi connectivity index (χ3n) is 4.63. The molecule has 1 aromatic rings. The Hall–Kier alpha value is -2.57. The number of urea groups is 1. The summed E-state index contributed by atoms with van der Waals surface area (Å²) in [6.45, 7) is 5.90. The van der Waals surface area contributed by atoms with Crippen LogP contribution in [0.15, 0.2) is 30.3 Å². The quantitative estimate of drug-likeness (QED) is 0.681. The minimum Gasteiger partial charge on any atom is -0.479 e. The molecule has 0 spiro atoms. The summed E-state index contributed by atoms with van der Waals surface area (Å²) in [6.07, 6.45) is 1.91. The molecule has 0 aromatic heterocycles. The molecule has 2 atom stereocenters. The third kappa shape index (κ3) is 6.58. The fraction of sp³-hybridized carbons (Fsp3) is 0.550. The van der Waals surface area contributed by atoms with E-state index in [2.05, 4.69) is 10.6 Å². The van der Waals surface area contributed by atoms with Crippen molar-refractivity contribution in [3.05, 3.63) is 35.9 Å². The molecule has 2 rings (SSSR count). The van der Waals surface area contributed by atoms with E-state index >= 15 is 0 Å². The molecular weight excluding hydrogens is 346 g/mol. The number of piperidine rings is 1. The van der Waals surface area contributed by atoms with E-state index in [9.17, 15) is 19.5 Å². The minimum absolute atomic E-state index is 0.0359. The summed E-state index contributed by atoms with van der Waals surface area (Å²) in [5.74, 6) is -0.978. The molecular formula is C20H29N3O4. The maximum Gasteiger partial charge on any atom is 0.330 e. The summed E-state index contributed by atoms with van der Waals surface area (Å²) >= 11 is 0. The smallest absolute Gasteiger partial charge is 0.330 e. The molecule has 1 heterocycles. The van der Waals surface area contributed by atoms with Gasteiger partial charge in [0.15, 0.2) is 6.04 Å². The highest BCUT2D eigenvalue weighted by Crippen LogP contribution is 2.21. The normalized spacial score (nSPS) is 18.0. The van der Waals surface area contributed by atoms with Crippen molar-refractivity contribution in [3.63, 3.8) is 0 Å². The van der Waals surface area contributed by atoms with Gasteiger partial charge < -0.3 is 20.6 Å². The molecule has 148 valence electrons. The van der Waals surface area contributed by atoms with Crippen molar-refractivity contribution in [1.82, 2.24) is 15.5 Å². The maximum absolute atomic E-state index is 12.4. The second-order valence-corrected chi connectivity index (χ2v) is 7.49. The van der Waals surface area contributed by atoms with E-state index in [-0.39, 0.29) is 24.3 Å². The van der Waals surface area contributed by atoms with Gasteiger partial charge in [0.25, 0.3) is 0 Å². The van der Waals surface area contributed by atoms with Gasteiger partial charge >= 0.3 is 12.0 Å². The van der Waals surface area contributed by atoms with Gasteiger partial charge in [-0.2, -0.15) is 0 Å². The first kappa shape index (κ1) is 20.7. The van der Waals surface area contributed by atoms with Crippen molar-refractivity contribution in [3.8, 4) is 0 Å². The average molecular weight is 375 g/mol. The fourth-order valence-electron chi connectivity index (χ4n) is 3.23. The number of hydrogen-bond acceptors (Lipinski definition) is 3. The largest absolute Gasteiger partial charge is 0.479 e. The molecule has 2 unspecified atom stereocenters. The summed E-state index contributed by atoms with van der Waals surface area (Å²) in [4.78, 5) is 37.9. The van der Waals surface area contributed by atoms with Gasteiger partial charge in [-0.3, -0.25) is 4.79 Å². The van der Waals surface area contributed by atoms with Crippen LogP contribution in [0.4, 0.5) is 4.79 Å². The number of nitrogens with zero attached hydrogens (tertiary/aromatic N) is 1. The molecule has 0 bridgehead atoms. The van der Waals surface area contributed by atoms with Crippen molar-refractivity contribution in [2.75, 3.05) is 19.6 Å². The first-order valence-electron chi connectivity index (χ1n) is 9.46. The predicted molar refractivity (Wildman–Crippen MR) is 102 cm³/mol. The second kappa shape index (κ2) is 9.94. The lowest BCUT2D eigenvalue weighted by Gasteiger charge is -2.33. The van der Waals surface area contributed by atoms with E-state index < -0.39 is 12.0 Å². The molecule has 27 heavy (non-hydrogen) atoms. The lowest BCUT2D eigenvalue weighted by molar-refractivity contribution is -0.142. The Balaban J connectivity index is 1.88. The fourth-order valence-corrected chi connectivity index (χ4v) is 3.23. The number of nitrogens with one attached hydrogen (secondary N) is 2. The number of carboxylic acid groups (broad SMARTS) is 1. The standard InChI is InChI=1S/C20H29N3O4/c1-14(2)12-21-20(27)23-10-6-7-15(13-23)11-17(24)22-18(19(25)26)16-8-4-3-5-9-16/h3-5,8-9,14-15,18H,6-7,10-13H2,1-2H3,(H,21,27)(H,22,24)(H,25,26). The number of carbonyl (C=O) groups is 3. The summed E-state index contributed by atoms with van der Waals surface area (Å²) in [6, 6.07) is 7.49. The first-order valence-corrected chi connectivity index (χ1v) is 9.46. The van der Waals surface area contributed by atoms with Gasteiger partial charge in [-0.25, -0.2) is 9.59 Å². The molecule has 1 saturated heterocycles. The number of likely N-dealkylation sites (tertiary alicyclic amines) is 1. The minimum atomic E-state index is -1.09. The highest BCUT2D eigenvalue weighted by atomic mass is 16.4. The lowest BCUT2D eigenvalue weighted by Crippen LogP contribution is -2.47. The SMILES string of the molecule is CC(C)CNC(=O)N1CCCC(CC(=O)NC(C(=O)O)c2ccccc2)C1. The van der Waals surface area contributed by atoms with Crippen LogP contribution in [-0.4, -0.2) is 47.5 Å². The van der Waals surface area contributed by atoms with Gasteiger partial charge in [-0.1, -0.05) is 44.2 Å². The Morgan fingerprint density at radius 2 is 1.93 bits per heavy atom. The number of rotatable bonds is 7. The maximum atomic E-state index is 12.4. The van der Waals surface area contributed by atoms with Gasteiger partial charge in [-0.05, 0) is 30.2 Å². The summed E-state index contributed by atoms with van der Waals surface area (Å²) in [5.41, 5.74) is 0.539. The molecule has 7 nitrogen and oxygen atoms in total. The van der Waals surface area contributed by atoms with Crippen molar-refractivity contribution >= 4 is 17.9 Å². The Kier molecular flexibility index (Phi) is 7.64. The van der Waals surface area contributed by atoms with E-state index in [1.165, 1.54) is 0 Å². The van der Waals surface area contributed by atoms with Gasteiger partial charge in [0.2, 0.25) is 5.91 Å². The number of aliphatic carboxylic acids is 1. The van der Waals surface area contributed by atoms with Crippen LogP contribution in [0.5, 0.6) is 0 Å². The third-order valence-corrected chi connectivity index (χ3v) is 4.63. The van der Waals surface area contributed by atoms with Crippen LogP contribution < -0.4 is 10.6 Å². The van der Waals surface area contributed by atoms with Crippen molar-refractivity contribution in [2.24, 2.45) is 11.8 Å². The number of amides is 3. The van der Waals surface area contributed by atoms with Gasteiger partial charge in [-0.15, -0.1) is 0 Å². The van der Waals surface area contributed by atoms with Crippen molar-refractivity contribution in [2.45, 2.75) is 39.2 Å². The number of benzene rings is 1. The molecule has 1 aromatic carbocycles.